The molecule has 4 rings (SSSR count). The Morgan fingerprint density at radius 3 is 1.97 bits per heavy atom. The van der Waals surface area contributed by atoms with Gasteiger partial charge >= 0.3 is 0 Å². The molecule has 0 N–H and O–H groups in total. The third-order valence-corrected chi connectivity index (χ3v) is 5.47. The van der Waals surface area contributed by atoms with Crippen molar-refractivity contribution < 1.29 is 27.2 Å². The van der Waals surface area contributed by atoms with Crippen LogP contribution in [0.15, 0.2) is 65.7 Å². The fourth-order valence-electron chi connectivity index (χ4n) is 3.98. The molecule has 174 valence electrons. The fraction of sp³-hybridized carbons (Fsp3) is 0.167. The van der Waals surface area contributed by atoms with Crippen LogP contribution in [0, 0.1) is 23.5 Å². The van der Waals surface area contributed by atoms with Crippen LogP contribution in [0.25, 0.3) is 0 Å². The molecule has 1 aromatic heterocycles. The number of halogens is 4. The summed E-state index contributed by atoms with van der Waals surface area (Å²) in [5.41, 5.74) is -3.41. The highest BCUT2D eigenvalue weighted by atomic mass is 19.2. The summed E-state index contributed by atoms with van der Waals surface area (Å²) in [4.78, 5) is 35.8. The molecule has 0 saturated heterocycles. The van der Waals surface area contributed by atoms with Crippen molar-refractivity contribution >= 4 is 17.8 Å². The van der Waals surface area contributed by atoms with Gasteiger partial charge in [-0.3, -0.25) is 14.5 Å². The van der Waals surface area contributed by atoms with E-state index in [0.717, 1.165) is 4.90 Å². The minimum absolute atomic E-state index is 0.0694. The molecule has 1 aliphatic rings. The number of hydrogen-bond donors (Lipinski definition) is 0. The van der Waals surface area contributed by atoms with E-state index in [1.54, 1.807) is 48.5 Å². The summed E-state index contributed by atoms with van der Waals surface area (Å²) < 4.78 is 58.9. The predicted molar refractivity (Wildman–Crippen MR) is 115 cm³/mol. The summed E-state index contributed by atoms with van der Waals surface area (Å²) in [5, 5.41) is 0. The van der Waals surface area contributed by atoms with Crippen molar-refractivity contribution in [3.05, 3.63) is 101 Å². The van der Waals surface area contributed by atoms with E-state index in [4.69, 9.17) is 0 Å². The van der Waals surface area contributed by atoms with Gasteiger partial charge in [0.25, 0.3) is 23.7 Å². The van der Waals surface area contributed by atoms with Crippen molar-refractivity contribution in [3.8, 4) is 0 Å². The van der Waals surface area contributed by atoms with Crippen LogP contribution in [0.1, 0.15) is 21.5 Å². The Kier molecular flexibility index (Phi) is 5.90. The quantitative estimate of drug-likeness (QED) is 0.431. The topological polar surface area (TPSA) is 65.9 Å². The zero-order valence-electron chi connectivity index (χ0n) is 18.1. The number of hydrogen-bond acceptors (Lipinski definition) is 4. The Balaban J connectivity index is 2.07. The molecule has 1 aliphatic heterocycles. The predicted octanol–water partition coefficient (Wildman–Crippen LogP) is 3.68. The molecule has 0 bridgehead atoms. The third-order valence-electron chi connectivity index (χ3n) is 5.47. The van der Waals surface area contributed by atoms with Gasteiger partial charge in [-0.2, -0.15) is 18.8 Å². The molecule has 3 aromatic rings. The van der Waals surface area contributed by atoms with Crippen LogP contribution in [-0.4, -0.2) is 46.7 Å². The van der Waals surface area contributed by atoms with Crippen molar-refractivity contribution in [2.24, 2.45) is 4.99 Å². The summed E-state index contributed by atoms with van der Waals surface area (Å²) in [6, 6.07) is 15.6. The van der Waals surface area contributed by atoms with E-state index in [0.29, 0.717) is 5.56 Å². The SMILES string of the molecule is CN(C)C1=NC(=O)[C@](Cc2ccccc2)(c2c(F)c(F)nc(F)c2F)N1C(=O)c1ccccc1. The maximum atomic E-state index is 15.2. The molecule has 0 radical (unpaired) electrons. The molecule has 1 atom stereocenters. The molecule has 0 fully saturated rings. The zero-order chi connectivity index (χ0) is 24.6. The van der Waals surface area contributed by atoms with Gasteiger partial charge in [0, 0.05) is 26.1 Å². The summed E-state index contributed by atoms with van der Waals surface area (Å²) in [6.45, 7) is 0. The molecule has 0 unspecified atom stereocenters. The average Bonchev–Trinajstić information content (AvgIpc) is 3.11. The number of aromatic nitrogens is 1. The van der Waals surface area contributed by atoms with Crippen LogP contribution in [0.3, 0.4) is 0 Å². The van der Waals surface area contributed by atoms with E-state index in [1.165, 1.54) is 31.1 Å². The maximum absolute atomic E-state index is 15.2. The Morgan fingerprint density at radius 1 is 0.912 bits per heavy atom. The first-order valence-corrected chi connectivity index (χ1v) is 10.1. The van der Waals surface area contributed by atoms with Gasteiger partial charge in [0.15, 0.2) is 17.2 Å². The molecule has 34 heavy (non-hydrogen) atoms. The van der Waals surface area contributed by atoms with Crippen molar-refractivity contribution in [3.63, 3.8) is 0 Å². The van der Waals surface area contributed by atoms with E-state index in [2.05, 4.69) is 9.98 Å². The molecule has 2 amide bonds. The summed E-state index contributed by atoms with van der Waals surface area (Å²) >= 11 is 0. The number of rotatable bonds is 4. The zero-order valence-corrected chi connectivity index (χ0v) is 18.1. The lowest BCUT2D eigenvalue weighted by Gasteiger charge is -2.38. The second kappa shape index (κ2) is 8.69. The van der Waals surface area contributed by atoms with Gasteiger partial charge in [-0.15, -0.1) is 0 Å². The van der Waals surface area contributed by atoms with Crippen LogP contribution in [0.5, 0.6) is 0 Å². The van der Waals surface area contributed by atoms with Crippen LogP contribution in [-0.2, 0) is 16.8 Å². The van der Waals surface area contributed by atoms with Gasteiger partial charge < -0.3 is 4.90 Å². The number of amides is 2. The third kappa shape index (κ3) is 3.60. The number of nitrogens with zero attached hydrogens (tertiary/aromatic N) is 4. The molecule has 0 saturated carbocycles. The van der Waals surface area contributed by atoms with Crippen LogP contribution < -0.4 is 0 Å². The number of pyridine rings is 1. The van der Waals surface area contributed by atoms with E-state index >= 15 is 8.78 Å². The van der Waals surface area contributed by atoms with Crippen LogP contribution >= 0.6 is 0 Å². The lowest BCUT2D eigenvalue weighted by Crippen LogP contribution is -2.57. The molecular weight excluding hydrogens is 452 g/mol. The number of aliphatic imine (C=N–C) groups is 1. The van der Waals surface area contributed by atoms with Gasteiger partial charge in [0.2, 0.25) is 5.96 Å². The highest BCUT2D eigenvalue weighted by molar-refractivity contribution is 6.17. The molecule has 6 nitrogen and oxygen atoms in total. The van der Waals surface area contributed by atoms with E-state index < -0.39 is 52.9 Å². The average molecular weight is 470 g/mol. The second-order valence-corrected chi connectivity index (χ2v) is 7.84. The Morgan fingerprint density at radius 2 is 1.44 bits per heavy atom. The van der Waals surface area contributed by atoms with Gasteiger partial charge in [-0.1, -0.05) is 48.5 Å². The van der Waals surface area contributed by atoms with Crippen molar-refractivity contribution in [1.82, 2.24) is 14.8 Å². The van der Waals surface area contributed by atoms with Gasteiger partial charge in [-0.05, 0) is 17.7 Å². The summed E-state index contributed by atoms with van der Waals surface area (Å²) in [7, 11) is 2.94. The number of carbonyl (C=O) groups excluding carboxylic acids is 2. The first-order chi connectivity index (χ1) is 16.2. The number of carbonyl (C=O) groups is 2. The number of guanidine groups is 1. The van der Waals surface area contributed by atoms with Gasteiger partial charge in [-0.25, -0.2) is 8.78 Å². The lowest BCUT2D eigenvalue weighted by atomic mass is 9.81. The smallest absolute Gasteiger partial charge is 0.280 e. The Labute approximate surface area is 192 Å². The molecule has 2 heterocycles. The summed E-state index contributed by atoms with van der Waals surface area (Å²) in [5.74, 6) is -9.91. The van der Waals surface area contributed by atoms with Crippen molar-refractivity contribution in [1.29, 1.82) is 0 Å². The Hall–Kier alpha value is -4.08. The normalized spacial score (nSPS) is 17.6. The minimum Gasteiger partial charge on any atom is -0.348 e. The monoisotopic (exact) mass is 470 g/mol. The molecule has 10 heteroatoms. The minimum atomic E-state index is -2.56. The summed E-state index contributed by atoms with van der Waals surface area (Å²) in [6.07, 6.45) is -0.511. The molecule has 0 spiro atoms. The number of benzene rings is 2. The molecule has 0 aliphatic carbocycles. The van der Waals surface area contributed by atoms with E-state index in [1.807, 2.05) is 0 Å². The first-order valence-electron chi connectivity index (χ1n) is 10.1. The van der Waals surface area contributed by atoms with Gasteiger partial charge in [0.1, 0.15) is 0 Å². The first kappa shape index (κ1) is 23.1. The lowest BCUT2D eigenvalue weighted by molar-refractivity contribution is -0.125. The maximum Gasteiger partial charge on any atom is 0.280 e. The standard InChI is InChI=1S/C24H18F4N4O2/c1-31(2)23-30-22(34)24(13-14-9-5-3-6-10-14,16-17(25)19(27)29-20(28)18(16)26)32(23)21(33)15-11-7-4-8-12-15/h3-12H,13H2,1-2H3/t24-/m0/s1. The van der Waals surface area contributed by atoms with Crippen molar-refractivity contribution in [2.75, 3.05) is 14.1 Å². The Bertz CT molecular complexity index is 1270. The second-order valence-electron chi connectivity index (χ2n) is 7.84. The highest BCUT2D eigenvalue weighted by Gasteiger charge is 2.58. The van der Waals surface area contributed by atoms with Crippen LogP contribution in [0.2, 0.25) is 0 Å². The largest absolute Gasteiger partial charge is 0.348 e. The fourth-order valence-corrected chi connectivity index (χ4v) is 3.98. The van der Waals surface area contributed by atoms with E-state index in [9.17, 15) is 18.4 Å². The van der Waals surface area contributed by atoms with Gasteiger partial charge in [0.05, 0.1) is 5.56 Å². The molecule has 2 aromatic carbocycles. The highest BCUT2D eigenvalue weighted by Crippen LogP contribution is 2.42. The van der Waals surface area contributed by atoms with Crippen molar-refractivity contribution in [2.45, 2.75) is 12.0 Å². The van der Waals surface area contributed by atoms with Crippen LogP contribution in [0.4, 0.5) is 17.6 Å². The molecular formula is C24H18F4N4O2. The van der Waals surface area contributed by atoms with E-state index in [-0.39, 0.29) is 11.5 Å².